The second kappa shape index (κ2) is 8.81. The molecular weight excluding hydrogens is 439 g/mol. The van der Waals surface area contributed by atoms with Gasteiger partial charge in [-0.2, -0.15) is 18.3 Å². The number of amides is 1. The molecule has 3 heterocycles. The Bertz CT molecular complexity index is 1200. The number of hydrogen-bond donors (Lipinski definition) is 1. The van der Waals surface area contributed by atoms with E-state index in [9.17, 15) is 22.8 Å². The maximum atomic E-state index is 13.0. The first-order valence-corrected chi connectivity index (χ1v) is 10.3. The zero-order valence-electron chi connectivity index (χ0n) is 18.0. The van der Waals surface area contributed by atoms with Crippen LogP contribution in [0.2, 0.25) is 0 Å². The fourth-order valence-corrected chi connectivity index (χ4v) is 3.82. The second-order valence-corrected chi connectivity index (χ2v) is 7.95. The average Bonchev–Trinajstić information content (AvgIpc) is 3.21. The molecule has 0 unspecified atom stereocenters. The molecule has 11 heteroatoms. The third-order valence-electron chi connectivity index (χ3n) is 5.65. The molecule has 1 aliphatic heterocycles. The van der Waals surface area contributed by atoms with Crippen molar-refractivity contribution in [3.63, 3.8) is 0 Å². The van der Waals surface area contributed by atoms with Crippen LogP contribution in [0.25, 0.3) is 10.9 Å². The van der Waals surface area contributed by atoms with Gasteiger partial charge >= 0.3 is 12.1 Å². The second-order valence-electron chi connectivity index (χ2n) is 7.95. The van der Waals surface area contributed by atoms with Gasteiger partial charge in [-0.05, 0) is 57.2 Å². The van der Waals surface area contributed by atoms with E-state index < -0.39 is 29.4 Å². The first kappa shape index (κ1) is 22.7. The van der Waals surface area contributed by atoms with E-state index in [1.54, 1.807) is 6.07 Å². The van der Waals surface area contributed by atoms with Gasteiger partial charge in [0.1, 0.15) is 11.4 Å². The molecule has 1 aromatic carbocycles. The summed E-state index contributed by atoms with van der Waals surface area (Å²) in [5.41, 5.74) is -0.925. The van der Waals surface area contributed by atoms with Gasteiger partial charge in [-0.3, -0.25) is 9.48 Å². The lowest BCUT2D eigenvalue weighted by atomic mass is 10.1. The van der Waals surface area contributed by atoms with Crippen LogP contribution >= 0.6 is 0 Å². The SMILES string of the molecule is COC(=O)c1cc2nn(C3CCN(C)CC3)cc2cc1NC(=O)c1cccc(C(F)(F)F)n1. The zero-order chi connectivity index (χ0) is 23.8. The van der Waals surface area contributed by atoms with Crippen LogP contribution < -0.4 is 5.32 Å². The molecule has 1 fully saturated rings. The summed E-state index contributed by atoms with van der Waals surface area (Å²) < 4.78 is 45.6. The molecule has 0 aliphatic carbocycles. The van der Waals surface area contributed by atoms with E-state index in [4.69, 9.17) is 4.74 Å². The summed E-state index contributed by atoms with van der Waals surface area (Å²) in [6.45, 7) is 1.89. The van der Waals surface area contributed by atoms with Crippen LogP contribution in [0, 0.1) is 0 Å². The molecule has 3 aromatic rings. The van der Waals surface area contributed by atoms with Crippen molar-refractivity contribution in [2.75, 3.05) is 32.6 Å². The molecule has 2 aromatic heterocycles. The standard InChI is InChI=1S/C22H22F3N5O3/c1-29-8-6-14(7-9-29)30-12-13-10-18(15(21(32)33-2)11-17(13)28-30)27-20(31)16-4-3-5-19(26-16)22(23,24)25/h3-5,10-12,14H,6-9H2,1-2H3,(H,27,31). The van der Waals surface area contributed by atoms with E-state index >= 15 is 0 Å². The molecule has 0 atom stereocenters. The summed E-state index contributed by atoms with van der Waals surface area (Å²) in [5.74, 6) is -1.59. The number of carbonyl (C=O) groups is 2. The first-order valence-electron chi connectivity index (χ1n) is 10.3. The Morgan fingerprint density at radius 1 is 1.18 bits per heavy atom. The minimum Gasteiger partial charge on any atom is -0.465 e. The zero-order valence-corrected chi connectivity index (χ0v) is 18.0. The third kappa shape index (κ3) is 4.82. The number of carbonyl (C=O) groups excluding carboxylic acids is 2. The van der Waals surface area contributed by atoms with Crippen molar-refractivity contribution in [1.82, 2.24) is 19.7 Å². The number of pyridine rings is 1. The highest BCUT2D eigenvalue weighted by Crippen LogP contribution is 2.29. The van der Waals surface area contributed by atoms with Crippen LogP contribution in [-0.4, -0.2) is 58.8 Å². The molecule has 1 N–H and O–H groups in total. The van der Waals surface area contributed by atoms with E-state index in [0.29, 0.717) is 10.9 Å². The molecule has 33 heavy (non-hydrogen) atoms. The Hall–Kier alpha value is -3.47. The van der Waals surface area contributed by atoms with E-state index in [1.807, 2.05) is 10.9 Å². The number of nitrogens with one attached hydrogen (secondary N) is 1. The van der Waals surface area contributed by atoms with Gasteiger partial charge in [-0.15, -0.1) is 0 Å². The van der Waals surface area contributed by atoms with Gasteiger partial charge in [0.05, 0.1) is 29.9 Å². The Labute approximate surface area is 187 Å². The number of methoxy groups -OCH3 is 1. The predicted octanol–water partition coefficient (Wildman–Crippen LogP) is 3.76. The fraction of sp³-hybridized carbons (Fsp3) is 0.364. The Morgan fingerprint density at radius 3 is 2.58 bits per heavy atom. The van der Waals surface area contributed by atoms with E-state index in [1.165, 1.54) is 19.2 Å². The lowest BCUT2D eigenvalue weighted by Gasteiger charge is -2.28. The molecule has 174 valence electrons. The van der Waals surface area contributed by atoms with Gasteiger partial charge in [0.2, 0.25) is 0 Å². The molecular formula is C22H22F3N5O3. The van der Waals surface area contributed by atoms with Crippen molar-refractivity contribution in [2.24, 2.45) is 0 Å². The first-order chi connectivity index (χ1) is 15.7. The highest BCUT2D eigenvalue weighted by molar-refractivity contribution is 6.09. The quantitative estimate of drug-likeness (QED) is 0.596. The number of esters is 1. The molecule has 1 saturated heterocycles. The van der Waals surface area contributed by atoms with Gasteiger partial charge in [0.15, 0.2) is 0 Å². The summed E-state index contributed by atoms with van der Waals surface area (Å²) in [7, 11) is 3.26. The number of hydrogen-bond acceptors (Lipinski definition) is 6. The van der Waals surface area contributed by atoms with Crippen molar-refractivity contribution in [2.45, 2.75) is 25.1 Å². The number of likely N-dealkylation sites (tertiary alicyclic amines) is 1. The van der Waals surface area contributed by atoms with E-state index in [0.717, 1.165) is 38.1 Å². The Kier molecular flexibility index (Phi) is 6.07. The minimum absolute atomic E-state index is 0.0407. The highest BCUT2D eigenvalue weighted by atomic mass is 19.4. The molecule has 0 saturated carbocycles. The summed E-state index contributed by atoms with van der Waals surface area (Å²) in [6, 6.07) is 6.32. The predicted molar refractivity (Wildman–Crippen MR) is 114 cm³/mol. The van der Waals surface area contributed by atoms with Crippen LogP contribution in [-0.2, 0) is 10.9 Å². The van der Waals surface area contributed by atoms with Gasteiger partial charge < -0.3 is 15.0 Å². The number of aromatic nitrogens is 3. The number of halogens is 3. The lowest BCUT2D eigenvalue weighted by Crippen LogP contribution is -2.31. The number of benzene rings is 1. The summed E-state index contributed by atoms with van der Waals surface area (Å²) >= 11 is 0. The molecule has 4 rings (SSSR count). The van der Waals surface area contributed by atoms with Crippen molar-refractivity contribution in [1.29, 1.82) is 0 Å². The number of nitrogens with zero attached hydrogens (tertiary/aromatic N) is 4. The fourth-order valence-electron chi connectivity index (χ4n) is 3.82. The maximum Gasteiger partial charge on any atom is 0.433 e. The van der Waals surface area contributed by atoms with Gasteiger partial charge in [0, 0.05) is 11.6 Å². The number of fused-ring (bicyclic) bond motifs is 1. The van der Waals surface area contributed by atoms with Gasteiger partial charge in [-0.25, -0.2) is 9.78 Å². The van der Waals surface area contributed by atoms with Crippen LogP contribution in [0.4, 0.5) is 18.9 Å². The Balaban J connectivity index is 1.67. The van der Waals surface area contributed by atoms with Crippen LogP contribution in [0.5, 0.6) is 0 Å². The molecule has 8 nitrogen and oxygen atoms in total. The van der Waals surface area contributed by atoms with Crippen LogP contribution in [0.15, 0.2) is 36.5 Å². The largest absolute Gasteiger partial charge is 0.465 e. The van der Waals surface area contributed by atoms with Gasteiger partial charge in [-0.1, -0.05) is 6.07 Å². The Morgan fingerprint density at radius 2 is 1.91 bits per heavy atom. The summed E-state index contributed by atoms with van der Waals surface area (Å²) in [4.78, 5) is 30.6. The molecule has 1 amide bonds. The lowest BCUT2D eigenvalue weighted by molar-refractivity contribution is -0.141. The van der Waals surface area contributed by atoms with E-state index in [-0.39, 0.29) is 17.3 Å². The monoisotopic (exact) mass is 461 g/mol. The van der Waals surface area contributed by atoms with E-state index in [2.05, 4.69) is 27.3 Å². The molecule has 0 spiro atoms. The number of ether oxygens (including phenoxy) is 1. The minimum atomic E-state index is -4.69. The van der Waals surface area contributed by atoms with Gasteiger partial charge in [0.25, 0.3) is 5.91 Å². The van der Waals surface area contributed by atoms with Crippen LogP contribution in [0.1, 0.15) is 45.4 Å². The number of anilines is 1. The molecule has 0 radical (unpaired) electrons. The summed E-state index contributed by atoms with van der Waals surface area (Å²) in [5, 5.41) is 7.77. The number of rotatable bonds is 4. The third-order valence-corrected chi connectivity index (χ3v) is 5.65. The average molecular weight is 461 g/mol. The smallest absolute Gasteiger partial charge is 0.433 e. The van der Waals surface area contributed by atoms with Crippen LogP contribution in [0.3, 0.4) is 0 Å². The normalized spacial score (nSPS) is 15.5. The van der Waals surface area contributed by atoms with Crippen molar-refractivity contribution in [3.8, 4) is 0 Å². The molecule has 0 bridgehead atoms. The highest BCUT2D eigenvalue weighted by Gasteiger charge is 2.33. The number of piperidine rings is 1. The summed E-state index contributed by atoms with van der Waals surface area (Å²) in [6.07, 6.45) is -0.988. The maximum absolute atomic E-state index is 13.0. The molecule has 1 aliphatic rings. The topological polar surface area (TPSA) is 89.4 Å². The number of alkyl halides is 3. The van der Waals surface area contributed by atoms with Crippen molar-refractivity contribution < 1.29 is 27.5 Å². The van der Waals surface area contributed by atoms with Crippen molar-refractivity contribution in [3.05, 3.63) is 53.5 Å². The van der Waals surface area contributed by atoms with Crippen molar-refractivity contribution >= 4 is 28.5 Å².